The van der Waals surface area contributed by atoms with Crippen LogP contribution >= 0.6 is 38.5 Å². The fourth-order valence-electron chi connectivity index (χ4n) is 2.21. The number of nitrogens with one attached hydrogen (secondary N) is 1. The number of aryl methyl sites for hydroxylation is 1. The van der Waals surface area contributed by atoms with Crippen LogP contribution in [0, 0.1) is 3.57 Å². The van der Waals surface area contributed by atoms with Crippen molar-refractivity contribution in [2.24, 2.45) is 0 Å². The van der Waals surface area contributed by atoms with Gasteiger partial charge in [0.15, 0.2) is 0 Å². The lowest BCUT2D eigenvalue weighted by Gasteiger charge is -2.20. The zero-order chi connectivity index (χ0) is 14.5. The Hall–Kier alpha value is -0.470. The molecule has 0 aliphatic rings. The van der Waals surface area contributed by atoms with Crippen LogP contribution < -0.4 is 5.32 Å². The number of likely N-dealkylation sites (N-methyl/N-ethyl adjacent to an activating group) is 1. The van der Waals surface area contributed by atoms with Crippen LogP contribution in [0.1, 0.15) is 31.3 Å². The van der Waals surface area contributed by atoms with Gasteiger partial charge in [0, 0.05) is 27.1 Å². The Labute approximate surface area is 141 Å². The second-order valence-electron chi connectivity index (χ2n) is 4.47. The van der Waals surface area contributed by atoms with Gasteiger partial charge in [-0.3, -0.25) is 4.68 Å². The van der Waals surface area contributed by atoms with Gasteiger partial charge >= 0.3 is 0 Å². The quantitative estimate of drug-likeness (QED) is 0.687. The monoisotopic (exact) mass is 448 g/mol. The van der Waals surface area contributed by atoms with E-state index < -0.39 is 0 Å². The van der Waals surface area contributed by atoms with Crippen LogP contribution in [0.4, 0.5) is 0 Å². The lowest BCUT2D eigenvalue weighted by Crippen LogP contribution is -2.25. The first-order chi connectivity index (χ1) is 9.65. The molecule has 1 N–H and O–H groups in total. The first-order valence-electron chi connectivity index (χ1n) is 6.70. The highest BCUT2D eigenvalue weighted by Crippen LogP contribution is 2.27. The average Bonchev–Trinajstić information content (AvgIpc) is 2.88. The van der Waals surface area contributed by atoms with Crippen molar-refractivity contribution in [2.75, 3.05) is 6.54 Å². The Morgan fingerprint density at radius 1 is 1.40 bits per heavy atom. The van der Waals surface area contributed by atoms with Crippen molar-refractivity contribution in [3.05, 3.63) is 44.0 Å². The maximum absolute atomic E-state index is 4.38. The molecule has 0 spiro atoms. The number of aromatic nitrogens is 3. The summed E-state index contributed by atoms with van der Waals surface area (Å²) in [4.78, 5) is 4.38. The van der Waals surface area contributed by atoms with Crippen LogP contribution in [-0.4, -0.2) is 21.3 Å². The number of hydrogen-bond acceptors (Lipinski definition) is 3. The number of halogens is 2. The molecule has 0 aliphatic carbocycles. The molecule has 108 valence electrons. The standard InChI is InChI=1S/C14H18BrIN4/c1-3-17-13(8-14-18-9-19-20(14)4-2)11-7-10(16)5-6-12(11)15/h5-7,9,13,17H,3-4,8H2,1-2H3. The summed E-state index contributed by atoms with van der Waals surface area (Å²) in [6, 6.07) is 6.65. The van der Waals surface area contributed by atoms with Gasteiger partial charge in [-0.05, 0) is 59.8 Å². The van der Waals surface area contributed by atoms with Gasteiger partial charge in [0.25, 0.3) is 0 Å². The zero-order valence-corrected chi connectivity index (χ0v) is 15.3. The molecule has 1 atom stereocenters. The average molecular weight is 449 g/mol. The third-order valence-corrected chi connectivity index (χ3v) is 4.56. The number of hydrogen-bond donors (Lipinski definition) is 1. The van der Waals surface area contributed by atoms with E-state index in [1.165, 1.54) is 9.13 Å². The van der Waals surface area contributed by atoms with Crippen LogP contribution in [-0.2, 0) is 13.0 Å². The van der Waals surface area contributed by atoms with Gasteiger partial charge in [0.05, 0.1) is 0 Å². The van der Waals surface area contributed by atoms with E-state index in [-0.39, 0.29) is 6.04 Å². The number of rotatable bonds is 6. The summed E-state index contributed by atoms with van der Waals surface area (Å²) in [7, 11) is 0. The van der Waals surface area contributed by atoms with Crippen LogP contribution in [0.2, 0.25) is 0 Å². The minimum absolute atomic E-state index is 0.235. The van der Waals surface area contributed by atoms with Crippen LogP contribution in [0.25, 0.3) is 0 Å². The van der Waals surface area contributed by atoms with Crippen molar-refractivity contribution in [1.82, 2.24) is 20.1 Å². The molecule has 0 fully saturated rings. The highest BCUT2D eigenvalue weighted by molar-refractivity contribution is 14.1. The van der Waals surface area contributed by atoms with E-state index in [9.17, 15) is 0 Å². The fourth-order valence-corrected chi connectivity index (χ4v) is 3.25. The molecular formula is C14H18BrIN4. The van der Waals surface area contributed by atoms with E-state index in [0.717, 1.165) is 29.8 Å². The molecule has 0 radical (unpaired) electrons. The second-order valence-corrected chi connectivity index (χ2v) is 6.57. The first-order valence-corrected chi connectivity index (χ1v) is 8.57. The Kier molecular flexibility index (Phi) is 5.98. The highest BCUT2D eigenvalue weighted by Gasteiger charge is 2.17. The maximum Gasteiger partial charge on any atom is 0.138 e. The minimum atomic E-state index is 0.235. The lowest BCUT2D eigenvalue weighted by molar-refractivity contribution is 0.508. The third kappa shape index (κ3) is 3.79. The smallest absolute Gasteiger partial charge is 0.138 e. The fraction of sp³-hybridized carbons (Fsp3) is 0.429. The van der Waals surface area contributed by atoms with E-state index in [2.05, 4.69) is 86.0 Å². The Morgan fingerprint density at radius 2 is 2.20 bits per heavy atom. The Bertz CT molecular complexity index is 570. The summed E-state index contributed by atoms with van der Waals surface area (Å²) in [6.07, 6.45) is 2.46. The molecule has 0 saturated heterocycles. The molecule has 4 nitrogen and oxygen atoms in total. The molecule has 0 amide bonds. The van der Waals surface area contributed by atoms with Crippen LogP contribution in [0.3, 0.4) is 0 Å². The van der Waals surface area contributed by atoms with Crippen LogP contribution in [0.5, 0.6) is 0 Å². The molecule has 20 heavy (non-hydrogen) atoms. The first kappa shape index (κ1) is 15.9. The summed E-state index contributed by atoms with van der Waals surface area (Å²) in [5.74, 6) is 1.02. The predicted octanol–water partition coefficient (Wildman–Crippen LogP) is 3.56. The molecule has 0 aliphatic heterocycles. The second kappa shape index (κ2) is 7.51. The SMILES string of the molecule is CCNC(Cc1ncnn1CC)c1cc(I)ccc1Br. The molecule has 1 heterocycles. The Balaban J connectivity index is 2.29. The van der Waals surface area contributed by atoms with Crippen LogP contribution in [0.15, 0.2) is 29.0 Å². The van der Waals surface area contributed by atoms with Gasteiger partial charge in [-0.25, -0.2) is 4.98 Å². The van der Waals surface area contributed by atoms with E-state index in [1.807, 2.05) is 4.68 Å². The molecule has 2 aromatic rings. The van der Waals surface area contributed by atoms with Crippen molar-refractivity contribution >= 4 is 38.5 Å². The predicted molar refractivity (Wildman–Crippen MR) is 92.7 cm³/mol. The normalized spacial score (nSPS) is 12.6. The van der Waals surface area contributed by atoms with Gasteiger partial charge in [-0.1, -0.05) is 22.9 Å². The van der Waals surface area contributed by atoms with Crippen molar-refractivity contribution in [1.29, 1.82) is 0 Å². The molecule has 1 aromatic carbocycles. The zero-order valence-electron chi connectivity index (χ0n) is 11.6. The largest absolute Gasteiger partial charge is 0.310 e. The summed E-state index contributed by atoms with van der Waals surface area (Å²) < 4.78 is 4.32. The van der Waals surface area contributed by atoms with E-state index in [1.54, 1.807) is 6.33 Å². The third-order valence-electron chi connectivity index (χ3n) is 3.17. The van der Waals surface area contributed by atoms with Gasteiger partial charge < -0.3 is 5.32 Å². The van der Waals surface area contributed by atoms with E-state index in [4.69, 9.17) is 0 Å². The maximum atomic E-state index is 4.38. The summed E-state index contributed by atoms with van der Waals surface area (Å²) in [5.41, 5.74) is 1.27. The molecular weight excluding hydrogens is 431 g/mol. The van der Waals surface area contributed by atoms with Crippen molar-refractivity contribution in [2.45, 2.75) is 32.9 Å². The lowest BCUT2D eigenvalue weighted by atomic mass is 10.0. The van der Waals surface area contributed by atoms with Gasteiger partial charge in [0.1, 0.15) is 12.2 Å². The van der Waals surface area contributed by atoms with Gasteiger partial charge in [-0.15, -0.1) is 0 Å². The molecule has 6 heteroatoms. The molecule has 0 saturated carbocycles. The Morgan fingerprint density at radius 3 is 2.90 bits per heavy atom. The highest BCUT2D eigenvalue weighted by atomic mass is 127. The number of nitrogens with zero attached hydrogens (tertiary/aromatic N) is 3. The van der Waals surface area contributed by atoms with E-state index >= 15 is 0 Å². The van der Waals surface area contributed by atoms with Crippen molar-refractivity contribution < 1.29 is 0 Å². The van der Waals surface area contributed by atoms with E-state index in [0.29, 0.717) is 0 Å². The summed E-state index contributed by atoms with van der Waals surface area (Å²) in [6.45, 7) is 5.98. The molecule has 1 aromatic heterocycles. The minimum Gasteiger partial charge on any atom is -0.310 e. The summed E-state index contributed by atoms with van der Waals surface area (Å²) >= 11 is 6.00. The molecule has 0 bridgehead atoms. The van der Waals surface area contributed by atoms with Crippen molar-refractivity contribution in [3.63, 3.8) is 0 Å². The van der Waals surface area contributed by atoms with Gasteiger partial charge in [-0.2, -0.15) is 5.10 Å². The summed E-state index contributed by atoms with van der Waals surface area (Å²) in [5, 5.41) is 7.79. The van der Waals surface area contributed by atoms with Gasteiger partial charge in [0.2, 0.25) is 0 Å². The van der Waals surface area contributed by atoms with Crippen molar-refractivity contribution in [3.8, 4) is 0 Å². The number of benzene rings is 1. The topological polar surface area (TPSA) is 42.7 Å². The molecule has 1 unspecified atom stereocenters. The molecule has 2 rings (SSSR count).